The summed E-state index contributed by atoms with van der Waals surface area (Å²) in [4.78, 5) is 2.52. The summed E-state index contributed by atoms with van der Waals surface area (Å²) in [5.74, 6) is 0. The largest absolute Gasteiger partial charge is 0.379 e. The summed E-state index contributed by atoms with van der Waals surface area (Å²) in [5.41, 5.74) is 2.44. The first kappa shape index (κ1) is 14.4. The van der Waals surface area contributed by atoms with Crippen LogP contribution in [0.5, 0.6) is 0 Å². The van der Waals surface area contributed by atoms with Crippen LogP contribution < -0.4 is 5.32 Å². The number of nitrogens with one attached hydrogen (secondary N) is 1. The zero-order valence-electron chi connectivity index (χ0n) is 11.1. The van der Waals surface area contributed by atoms with Crippen LogP contribution in [0.4, 0.5) is 5.69 Å². The predicted octanol–water partition coefficient (Wildman–Crippen LogP) is 4.41. The van der Waals surface area contributed by atoms with Crippen molar-refractivity contribution in [3.63, 3.8) is 0 Å². The third kappa shape index (κ3) is 3.28. The van der Waals surface area contributed by atoms with Crippen molar-refractivity contribution in [3.8, 4) is 0 Å². The highest BCUT2D eigenvalue weighted by molar-refractivity contribution is 9.11. The average molecular weight is 376 g/mol. The van der Waals surface area contributed by atoms with E-state index >= 15 is 0 Å². The van der Waals surface area contributed by atoms with Gasteiger partial charge in [-0.1, -0.05) is 0 Å². The number of hydrogen-bond donors (Lipinski definition) is 1. The van der Waals surface area contributed by atoms with Gasteiger partial charge in [-0.2, -0.15) is 0 Å². The Hall–Kier alpha value is -0.0600. The highest BCUT2D eigenvalue weighted by atomic mass is 79.9. The van der Waals surface area contributed by atoms with E-state index in [1.54, 1.807) is 0 Å². The van der Waals surface area contributed by atoms with Gasteiger partial charge < -0.3 is 5.32 Å². The van der Waals surface area contributed by atoms with Crippen molar-refractivity contribution in [3.05, 3.63) is 26.6 Å². The fourth-order valence-corrected chi connectivity index (χ4v) is 4.06. The molecule has 1 aromatic carbocycles. The van der Waals surface area contributed by atoms with E-state index in [-0.39, 0.29) is 0 Å². The molecule has 2 rings (SSSR count). The maximum absolute atomic E-state index is 3.65. The van der Waals surface area contributed by atoms with Gasteiger partial charge in [0.25, 0.3) is 0 Å². The fourth-order valence-electron chi connectivity index (χ4n) is 2.42. The van der Waals surface area contributed by atoms with Gasteiger partial charge in [0.1, 0.15) is 0 Å². The Labute approximate surface area is 126 Å². The van der Waals surface area contributed by atoms with E-state index in [9.17, 15) is 0 Å². The molecule has 100 valence electrons. The van der Waals surface area contributed by atoms with Crippen LogP contribution in [0.1, 0.15) is 25.8 Å². The zero-order chi connectivity index (χ0) is 13.3. The molecule has 1 aromatic rings. The SMILES string of the molecule is Cc1cc(Br)c(NC2CCN(C(C)C)C2)c(Br)c1. The van der Waals surface area contributed by atoms with Gasteiger partial charge in [-0.15, -0.1) is 0 Å². The maximum atomic E-state index is 3.65. The molecule has 1 saturated heterocycles. The normalized spacial score (nSPS) is 20.7. The van der Waals surface area contributed by atoms with Gasteiger partial charge >= 0.3 is 0 Å². The smallest absolute Gasteiger partial charge is 0.0631 e. The molecule has 0 saturated carbocycles. The van der Waals surface area contributed by atoms with Crippen LogP contribution >= 0.6 is 31.9 Å². The molecule has 1 heterocycles. The number of benzene rings is 1. The number of hydrogen-bond acceptors (Lipinski definition) is 2. The van der Waals surface area contributed by atoms with E-state index in [1.165, 1.54) is 24.2 Å². The van der Waals surface area contributed by atoms with Crippen LogP contribution in [0.3, 0.4) is 0 Å². The molecule has 1 fully saturated rings. The Morgan fingerprint density at radius 1 is 1.28 bits per heavy atom. The molecule has 1 atom stereocenters. The van der Waals surface area contributed by atoms with Crippen LogP contribution in [0, 0.1) is 6.92 Å². The number of likely N-dealkylation sites (tertiary alicyclic amines) is 1. The lowest BCUT2D eigenvalue weighted by Gasteiger charge is -2.21. The van der Waals surface area contributed by atoms with E-state index in [0.717, 1.165) is 15.5 Å². The Bertz CT molecular complexity index is 409. The van der Waals surface area contributed by atoms with Crippen molar-refractivity contribution in [1.29, 1.82) is 0 Å². The summed E-state index contributed by atoms with van der Waals surface area (Å²) in [6.45, 7) is 8.95. The van der Waals surface area contributed by atoms with Gasteiger partial charge in [0.05, 0.1) is 5.69 Å². The third-order valence-electron chi connectivity index (χ3n) is 3.48. The number of halogens is 2. The molecular formula is C14H20Br2N2. The summed E-state index contributed by atoms with van der Waals surface area (Å²) >= 11 is 7.29. The molecule has 0 radical (unpaired) electrons. The number of nitrogens with zero attached hydrogens (tertiary/aromatic N) is 1. The van der Waals surface area contributed by atoms with E-state index in [4.69, 9.17) is 0 Å². The van der Waals surface area contributed by atoms with Crippen LogP contribution in [0.25, 0.3) is 0 Å². The zero-order valence-corrected chi connectivity index (χ0v) is 14.3. The standard InChI is InChI=1S/C14H20Br2N2/c1-9(2)18-5-4-11(8-18)17-14-12(15)6-10(3)7-13(14)16/h6-7,9,11,17H,4-5,8H2,1-3H3. The minimum Gasteiger partial charge on any atom is -0.379 e. The van der Waals surface area contributed by atoms with Crippen LogP contribution in [0.15, 0.2) is 21.1 Å². The van der Waals surface area contributed by atoms with Gasteiger partial charge in [-0.3, -0.25) is 4.90 Å². The third-order valence-corrected chi connectivity index (χ3v) is 4.74. The first-order chi connectivity index (χ1) is 8.47. The molecule has 4 heteroatoms. The molecular weight excluding hydrogens is 356 g/mol. The highest BCUT2D eigenvalue weighted by Crippen LogP contribution is 2.33. The molecule has 0 spiro atoms. The van der Waals surface area contributed by atoms with E-state index in [1.807, 2.05) is 0 Å². The average Bonchev–Trinajstić information content (AvgIpc) is 2.71. The monoisotopic (exact) mass is 374 g/mol. The second-order valence-corrected chi connectivity index (χ2v) is 7.03. The molecule has 1 unspecified atom stereocenters. The van der Waals surface area contributed by atoms with Gasteiger partial charge in [0.2, 0.25) is 0 Å². The van der Waals surface area contributed by atoms with Crippen molar-refractivity contribution in [1.82, 2.24) is 4.90 Å². The summed E-state index contributed by atoms with van der Waals surface area (Å²) in [7, 11) is 0. The molecule has 0 amide bonds. The number of aryl methyl sites for hydroxylation is 1. The summed E-state index contributed by atoms with van der Waals surface area (Å²) in [6, 6.07) is 5.49. The Morgan fingerprint density at radius 3 is 2.39 bits per heavy atom. The molecule has 1 aliphatic heterocycles. The van der Waals surface area contributed by atoms with Crippen molar-refractivity contribution in [2.75, 3.05) is 18.4 Å². The predicted molar refractivity (Wildman–Crippen MR) is 85.3 cm³/mol. The first-order valence-corrected chi connectivity index (χ1v) is 8.02. The first-order valence-electron chi connectivity index (χ1n) is 6.43. The van der Waals surface area contributed by atoms with Crippen LogP contribution in [0.2, 0.25) is 0 Å². The molecule has 1 aliphatic rings. The van der Waals surface area contributed by atoms with Crippen molar-refractivity contribution in [2.24, 2.45) is 0 Å². The summed E-state index contributed by atoms with van der Waals surface area (Å²) in [6.07, 6.45) is 1.21. The Morgan fingerprint density at radius 2 is 1.89 bits per heavy atom. The van der Waals surface area contributed by atoms with Crippen LogP contribution in [-0.4, -0.2) is 30.1 Å². The summed E-state index contributed by atoms with van der Waals surface area (Å²) < 4.78 is 2.27. The van der Waals surface area contributed by atoms with Gasteiger partial charge in [0, 0.05) is 34.1 Å². The van der Waals surface area contributed by atoms with Crippen molar-refractivity contribution < 1.29 is 0 Å². The van der Waals surface area contributed by atoms with E-state index in [0.29, 0.717) is 12.1 Å². The minimum atomic E-state index is 0.544. The lowest BCUT2D eigenvalue weighted by molar-refractivity contribution is 0.274. The quantitative estimate of drug-likeness (QED) is 0.841. The Kier molecular flexibility index (Phi) is 4.73. The fraction of sp³-hybridized carbons (Fsp3) is 0.571. The topological polar surface area (TPSA) is 15.3 Å². The van der Waals surface area contributed by atoms with Crippen LogP contribution in [-0.2, 0) is 0 Å². The van der Waals surface area contributed by atoms with Gasteiger partial charge in [0.15, 0.2) is 0 Å². The van der Waals surface area contributed by atoms with Crippen molar-refractivity contribution >= 4 is 37.5 Å². The lowest BCUT2D eigenvalue weighted by atomic mass is 10.2. The van der Waals surface area contributed by atoms with Crippen molar-refractivity contribution in [2.45, 2.75) is 39.3 Å². The van der Waals surface area contributed by atoms with Gasteiger partial charge in [-0.05, 0) is 76.7 Å². The highest BCUT2D eigenvalue weighted by Gasteiger charge is 2.24. The van der Waals surface area contributed by atoms with Gasteiger partial charge in [-0.25, -0.2) is 0 Å². The second-order valence-electron chi connectivity index (χ2n) is 5.32. The van der Waals surface area contributed by atoms with E-state index in [2.05, 4.69) is 75.0 Å². The molecule has 18 heavy (non-hydrogen) atoms. The maximum Gasteiger partial charge on any atom is 0.0631 e. The minimum absolute atomic E-state index is 0.544. The molecule has 0 aromatic heterocycles. The summed E-state index contributed by atoms with van der Waals surface area (Å²) in [5, 5.41) is 3.65. The molecule has 0 aliphatic carbocycles. The second kappa shape index (κ2) is 5.93. The molecule has 1 N–H and O–H groups in total. The Balaban J connectivity index is 2.07. The number of rotatable bonds is 3. The molecule has 2 nitrogen and oxygen atoms in total. The number of anilines is 1. The molecule has 0 bridgehead atoms. The van der Waals surface area contributed by atoms with E-state index < -0.39 is 0 Å². The lowest BCUT2D eigenvalue weighted by Crippen LogP contribution is -2.31.